The highest BCUT2D eigenvalue weighted by molar-refractivity contribution is 8.04. The molecule has 0 spiro atoms. The molecule has 0 unspecified atom stereocenters. The standard InChI is InChI=1S/Cl2NO3P/c1-7(2,6)3(4)5. The van der Waals surface area contributed by atoms with E-state index in [4.69, 9.17) is 0 Å². The van der Waals surface area contributed by atoms with Crippen LogP contribution in [0, 0.1) is 10.1 Å². The quantitative estimate of drug-likeness (QED) is 0.337. The van der Waals surface area contributed by atoms with Gasteiger partial charge in [-0.1, -0.05) is 0 Å². The van der Waals surface area contributed by atoms with Crippen LogP contribution < -0.4 is 0 Å². The number of halogens is 2. The average molecular weight is 164 g/mol. The van der Waals surface area contributed by atoms with Crippen molar-refractivity contribution in [2.45, 2.75) is 0 Å². The van der Waals surface area contributed by atoms with E-state index in [1.165, 1.54) is 0 Å². The van der Waals surface area contributed by atoms with Gasteiger partial charge in [0.1, 0.15) is 0 Å². The van der Waals surface area contributed by atoms with Gasteiger partial charge in [-0.05, 0) is 0 Å². The van der Waals surface area contributed by atoms with Crippen LogP contribution in [0.25, 0.3) is 0 Å². The summed E-state index contributed by atoms with van der Waals surface area (Å²) in [5, 5.41) is 9.30. The zero-order chi connectivity index (χ0) is 6.08. The van der Waals surface area contributed by atoms with Gasteiger partial charge in [-0.3, -0.25) is 10.1 Å². The molecule has 0 atom stereocenters. The van der Waals surface area contributed by atoms with Gasteiger partial charge in [-0.15, -0.1) is 0 Å². The predicted molar refractivity (Wildman–Crippen MR) is 26.3 cm³/mol. The van der Waals surface area contributed by atoms with E-state index < -0.39 is 10.7 Å². The Labute approximate surface area is 48.6 Å². The summed E-state index contributed by atoms with van der Waals surface area (Å²) >= 11 is 8.98. The van der Waals surface area contributed by atoms with Crippen LogP contribution in [-0.4, -0.2) is 4.69 Å². The molecule has 0 aliphatic heterocycles. The van der Waals surface area contributed by atoms with Crippen molar-refractivity contribution in [3.8, 4) is 0 Å². The van der Waals surface area contributed by atoms with Gasteiger partial charge in [-0.2, -0.15) is 0 Å². The summed E-state index contributed by atoms with van der Waals surface area (Å²) in [5.74, 6) is -4.07. The highest BCUT2D eigenvalue weighted by atomic mass is 35.9. The number of hydrogen-bond acceptors (Lipinski definition) is 3. The maximum absolute atomic E-state index is 9.75. The fourth-order valence-corrected chi connectivity index (χ4v) is 0. The summed E-state index contributed by atoms with van der Waals surface area (Å²) < 4.78 is 8.52. The van der Waals surface area contributed by atoms with Crippen LogP contribution in [0.4, 0.5) is 0 Å². The van der Waals surface area contributed by atoms with E-state index in [-0.39, 0.29) is 0 Å². The molecular formula is Cl2NO3P. The molecule has 0 bridgehead atoms. The first-order chi connectivity index (χ1) is 2.94. The minimum atomic E-state index is -4.07. The molecule has 0 fully saturated rings. The van der Waals surface area contributed by atoms with Crippen molar-refractivity contribution in [3.05, 3.63) is 10.1 Å². The predicted octanol–water partition coefficient (Wildman–Crippen LogP) is 1.85. The van der Waals surface area contributed by atoms with Gasteiger partial charge in [0.25, 0.3) is 0 Å². The monoisotopic (exact) mass is 163 g/mol. The van der Waals surface area contributed by atoms with Crippen LogP contribution in [0.3, 0.4) is 0 Å². The van der Waals surface area contributed by atoms with Crippen molar-refractivity contribution < 1.29 is 9.26 Å². The van der Waals surface area contributed by atoms with Crippen molar-refractivity contribution in [3.63, 3.8) is 0 Å². The summed E-state index contributed by atoms with van der Waals surface area (Å²) in [6.07, 6.45) is 0. The van der Waals surface area contributed by atoms with Crippen LogP contribution in [0.1, 0.15) is 0 Å². The first kappa shape index (κ1) is 7.21. The first-order valence-electron chi connectivity index (χ1n) is 1.09. The minimum absolute atomic E-state index is 1.23. The van der Waals surface area contributed by atoms with Gasteiger partial charge in [0.15, 0.2) is 0 Å². The molecule has 0 rings (SSSR count). The maximum atomic E-state index is 9.75. The lowest BCUT2D eigenvalue weighted by Crippen LogP contribution is -1.80. The molecule has 0 radical (unpaired) electrons. The lowest BCUT2D eigenvalue weighted by atomic mass is 13.4. The Morgan fingerprint density at radius 2 is 1.71 bits per heavy atom. The van der Waals surface area contributed by atoms with E-state index in [1.807, 2.05) is 0 Å². The van der Waals surface area contributed by atoms with E-state index >= 15 is 0 Å². The molecule has 0 aliphatic rings. The van der Waals surface area contributed by atoms with Crippen molar-refractivity contribution in [1.82, 2.24) is 0 Å². The number of nitro groups is 1. The van der Waals surface area contributed by atoms with Gasteiger partial charge in [0, 0.05) is 22.5 Å². The van der Waals surface area contributed by atoms with Crippen molar-refractivity contribution >= 4 is 28.5 Å². The number of nitrogens with zero attached hydrogens (tertiary/aromatic N) is 1. The van der Waals surface area contributed by atoms with Crippen molar-refractivity contribution in [1.29, 1.82) is 0 Å². The molecule has 0 N–H and O–H groups in total. The highest BCUT2D eigenvalue weighted by Gasteiger charge is 2.28. The Hall–Kier alpha value is 0.210. The molecule has 0 aliphatic carbocycles. The second-order valence-corrected chi connectivity index (χ2v) is 5.14. The Morgan fingerprint density at radius 3 is 1.71 bits per heavy atom. The van der Waals surface area contributed by atoms with E-state index in [1.54, 1.807) is 0 Å². The summed E-state index contributed by atoms with van der Waals surface area (Å²) in [6, 6.07) is 0. The molecule has 0 aromatic heterocycles. The molecule has 0 aromatic carbocycles. The van der Waals surface area contributed by atoms with Crippen LogP contribution >= 0.6 is 28.5 Å². The smallest absolute Gasteiger partial charge is 0.259 e. The molecular weight excluding hydrogens is 164 g/mol. The van der Waals surface area contributed by atoms with Gasteiger partial charge >= 0.3 is 6.00 Å². The Bertz CT molecular complexity index is 125. The second-order valence-electron chi connectivity index (χ2n) is 0.673. The van der Waals surface area contributed by atoms with Gasteiger partial charge < -0.3 is 0 Å². The van der Waals surface area contributed by atoms with E-state index in [0.717, 1.165) is 0 Å². The summed E-state index contributed by atoms with van der Waals surface area (Å²) in [5.41, 5.74) is 0. The number of hydrogen-bond donors (Lipinski definition) is 0. The molecule has 7 heteroatoms. The topological polar surface area (TPSA) is 60.2 Å². The summed E-state index contributed by atoms with van der Waals surface area (Å²) in [6.45, 7) is 0. The van der Waals surface area contributed by atoms with Crippen molar-refractivity contribution in [2.24, 2.45) is 0 Å². The zero-order valence-electron chi connectivity index (χ0n) is 2.88. The molecule has 0 saturated heterocycles. The van der Waals surface area contributed by atoms with Crippen molar-refractivity contribution in [2.75, 3.05) is 0 Å². The minimum Gasteiger partial charge on any atom is -0.259 e. The summed E-state index contributed by atoms with van der Waals surface area (Å²) in [7, 11) is 0. The third-order valence-corrected chi connectivity index (χ3v) is 1.31. The lowest BCUT2D eigenvalue weighted by molar-refractivity contribution is -0.304. The Morgan fingerprint density at radius 1 is 1.57 bits per heavy atom. The molecule has 0 heterocycles. The lowest BCUT2D eigenvalue weighted by Gasteiger charge is -1.84. The van der Waals surface area contributed by atoms with E-state index in [0.29, 0.717) is 0 Å². The fourth-order valence-electron chi connectivity index (χ4n) is 0. The largest absolute Gasteiger partial charge is 0.554 e. The maximum Gasteiger partial charge on any atom is 0.554 e. The third-order valence-electron chi connectivity index (χ3n) is 0.190. The number of rotatable bonds is 1. The molecule has 0 aromatic rings. The van der Waals surface area contributed by atoms with Gasteiger partial charge in [-0.25, -0.2) is 4.57 Å². The molecule has 4 nitrogen and oxygen atoms in total. The van der Waals surface area contributed by atoms with E-state index in [9.17, 15) is 14.7 Å². The third kappa shape index (κ3) is 2.85. The van der Waals surface area contributed by atoms with Crippen LogP contribution in [0.2, 0.25) is 0 Å². The summed E-state index contributed by atoms with van der Waals surface area (Å²) in [4.78, 5) is 9.30. The van der Waals surface area contributed by atoms with Gasteiger partial charge in [0.05, 0.1) is 4.69 Å². The fraction of sp³-hybridized carbons (Fsp3) is 0. The normalized spacial score (nSPS) is 11.1. The van der Waals surface area contributed by atoms with Crippen LogP contribution in [0.5, 0.6) is 0 Å². The molecule has 42 valence electrons. The molecule has 0 amide bonds. The first-order valence-corrected chi connectivity index (χ1v) is 4.56. The SMILES string of the molecule is O=[N+]([O-])P(=O)(Cl)Cl. The second kappa shape index (κ2) is 1.99. The van der Waals surface area contributed by atoms with Gasteiger partial charge in [0.2, 0.25) is 0 Å². The Balaban J connectivity index is 4.09. The molecule has 0 saturated carbocycles. The van der Waals surface area contributed by atoms with Crippen LogP contribution in [-0.2, 0) is 4.57 Å². The molecule has 7 heavy (non-hydrogen) atoms. The van der Waals surface area contributed by atoms with E-state index in [2.05, 4.69) is 22.5 Å². The Kier molecular flexibility index (Phi) is 2.05. The average Bonchev–Trinajstić information content (AvgIpc) is 1.31. The zero-order valence-corrected chi connectivity index (χ0v) is 5.28. The highest BCUT2D eigenvalue weighted by Crippen LogP contribution is 2.56. The van der Waals surface area contributed by atoms with Crippen LogP contribution in [0.15, 0.2) is 0 Å².